The minimum atomic E-state index is -2.99. The Morgan fingerprint density at radius 3 is 2.20 bits per heavy atom. The van der Waals surface area contributed by atoms with Gasteiger partial charge in [-0.3, -0.25) is 0 Å². The lowest BCUT2D eigenvalue weighted by Gasteiger charge is -2.11. The van der Waals surface area contributed by atoms with Gasteiger partial charge in [-0.05, 0) is 24.5 Å². The highest BCUT2D eigenvalue weighted by Crippen LogP contribution is 2.08. The molecule has 0 fully saturated rings. The van der Waals surface area contributed by atoms with E-state index in [1.54, 1.807) is 0 Å². The standard InChI is InChI=1S/C18H31N3O2S.HI/c1-4-6-7-8-13-20-18(19-5-2)21-14-16-9-11-17(12-10-16)15-24(3,22)23;/h9-12H,4-8,13-15H2,1-3H3,(H2,19,20,21);1H. The fraction of sp³-hybridized carbons (Fsp3) is 0.611. The van der Waals surface area contributed by atoms with Gasteiger partial charge in [-0.1, -0.05) is 50.5 Å². The van der Waals surface area contributed by atoms with E-state index in [0.717, 1.165) is 36.6 Å². The zero-order valence-electron chi connectivity index (χ0n) is 15.5. The van der Waals surface area contributed by atoms with Crippen molar-refractivity contribution in [1.29, 1.82) is 0 Å². The van der Waals surface area contributed by atoms with Crippen molar-refractivity contribution in [2.24, 2.45) is 4.99 Å². The number of nitrogens with one attached hydrogen (secondary N) is 2. The molecule has 0 unspecified atom stereocenters. The fourth-order valence-corrected chi connectivity index (χ4v) is 3.11. The summed E-state index contributed by atoms with van der Waals surface area (Å²) >= 11 is 0. The molecule has 25 heavy (non-hydrogen) atoms. The molecule has 1 rings (SSSR count). The lowest BCUT2D eigenvalue weighted by Crippen LogP contribution is -2.37. The van der Waals surface area contributed by atoms with Crippen molar-refractivity contribution in [2.45, 2.75) is 51.8 Å². The van der Waals surface area contributed by atoms with Crippen LogP contribution in [0.15, 0.2) is 29.3 Å². The second-order valence-corrected chi connectivity index (χ2v) is 8.21. The second-order valence-electron chi connectivity index (χ2n) is 6.07. The van der Waals surface area contributed by atoms with Crippen molar-refractivity contribution in [3.8, 4) is 0 Å². The van der Waals surface area contributed by atoms with E-state index >= 15 is 0 Å². The van der Waals surface area contributed by atoms with Gasteiger partial charge >= 0.3 is 0 Å². The summed E-state index contributed by atoms with van der Waals surface area (Å²) in [5.41, 5.74) is 1.88. The van der Waals surface area contributed by atoms with Gasteiger partial charge in [0.1, 0.15) is 0 Å². The van der Waals surface area contributed by atoms with Crippen LogP contribution in [0.5, 0.6) is 0 Å². The molecule has 0 saturated carbocycles. The Morgan fingerprint density at radius 1 is 1.00 bits per heavy atom. The van der Waals surface area contributed by atoms with Crippen LogP contribution in [-0.4, -0.2) is 33.7 Å². The number of guanidine groups is 1. The Morgan fingerprint density at radius 2 is 1.64 bits per heavy atom. The third-order valence-corrected chi connectivity index (χ3v) is 4.40. The summed E-state index contributed by atoms with van der Waals surface area (Å²) in [5.74, 6) is 0.910. The largest absolute Gasteiger partial charge is 0.357 e. The van der Waals surface area contributed by atoms with E-state index in [4.69, 9.17) is 0 Å². The minimum absolute atomic E-state index is 0. The smallest absolute Gasteiger partial charge is 0.191 e. The molecular weight excluding hydrogens is 449 g/mol. The van der Waals surface area contributed by atoms with Crippen LogP contribution in [0.25, 0.3) is 0 Å². The van der Waals surface area contributed by atoms with Crippen LogP contribution >= 0.6 is 24.0 Å². The highest BCUT2D eigenvalue weighted by Gasteiger charge is 2.04. The predicted molar refractivity (Wildman–Crippen MR) is 117 cm³/mol. The number of rotatable bonds is 10. The average molecular weight is 481 g/mol. The van der Waals surface area contributed by atoms with Crippen molar-refractivity contribution in [3.05, 3.63) is 35.4 Å². The van der Waals surface area contributed by atoms with Gasteiger partial charge < -0.3 is 10.6 Å². The molecule has 0 heterocycles. The van der Waals surface area contributed by atoms with Crippen LogP contribution in [0.4, 0.5) is 0 Å². The quantitative estimate of drug-likeness (QED) is 0.232. The molecule has 0 atom stereocenters. The van der Waals surface area contributed by atoms with E-state index < -0.39 is 9.84 Å². The van der Waals surface area contributed by atoms with E-state index in [1.807, 2.05) is 31.2 Å². The predicted octanol–water partition coefficient (Wildman–Crippen LogP) is 3.48. The highest BCUT2D eigenvalue weighted by molar-refractivity contribution is 14.0. The summed E-state index contributed by atoms with van der Waals surface area (Å²) in [5, 5.41) is 6.60. The van der Waals surface area contributed by atoms with E-state index in [9.17, 15) is 8.42 Å². The molecule has 0 saturated heterocycles. The third-order valence-electron chi connectivity index (χ3n) is 3.54. The monoisotopic (exact) mass is 481 g/mol. The van der Waals surface area contributed by atoms with Gasteiger partial charge in [-0.15, -0.1) is 24.0 Å². The summed E-state index contributed by atoms with van der Waals surface area (Å²) < 4.78 is 22.6. The van der Waals surface area contributed by atoms with Crippen molar-refractivity contribution in [1.82, 2.24) is 10.6 Å². The van der Waals surface area contributed by atoms with Crippen LogP contribution in [-0.2, 0) is 22.1 Å². The summed E-state index contributed by atoms with van der Waals surface area (Å²) in [6, 6.07) is 7.59. The first-order valence-corrected chi connectivity index (χ1v) is 10.8. The number of hydrogen-bond acceptors (Lipinski definition) is 3. The van der Waals surface area contributed by atoms with Crippen molar-refractivity contribution < 1.29 is 8.42 Å². The van der Waals surface area contributed by atoms with Gasteiger partial charge in [-0.2, -0.15) is 0 Å². The lowest BCUT2D eigenvalue weighted by molar-refractivity contribution is 0.601. The zero-order chi connectivity index (χ0) is 17.8. The summed E-state index contributed by atoms with van der Waals surface area (Å²) in [7, 11) is -2.99. The van der Waals surface area contributed by atoms with Crippen molar-refractivity contribution in [2.75, 3.05) is 19.3 Å². The maximum absolute atomic E-state index is 11.3. The first-order chi connectivity index (χ1) is 11.4. The van der Waals surface area contributed by atoms with Crippen molar-refractivity contribution in [3.63, 3.8) is 0 Å². The number of halogens is 1. The van der Waals surface area contributed by atoms with Gasteiger partial charge in [0.15, 0.2) is 15.8 Å². The Labute approximate surface area is 170 Å². The number of benzene rings is 1. The summed E-state index contributed by atoms with van der Waals surface area (Å²) in [4.78, 5) is 4.58. The van der Waals surface area contributed by atoms with Gasteiger partial charge in [0, 0.05) is 19.3 Å². The maximum atomic E-state index is 11.3. The fourth-order valence-electron chi connectivity index (χ4n) is 2.31. The Kier molecular flexibility index (Phi) is 12.9. The van der Waals surface area contributed by atoms with Crippen LogP contribution < -0.4 is 10.6 Å². The second kappa shape index (κ2) is 13.4. The molecule has 0 spiro atoms. The van der Waals surface area contributed by atoms with E-state index in [1.165, 1.54) is 25.5 Å². The SMILES string of the molecule is CCCCCCNC(=NCc1ccc(CS(C)(=O)=O)cc1)NCC.I. The van der Waals surface area contributed by atoms with Gasteiger partial charge in [-0.25, -0.2) is 13.4 Å². The number of unbranched alkanes of at least 4 members (excludes halogenated alkanes) is 3. The van der Waals surface area contributed by atoms with E-state index in [0.29, 0.717) is 6.54 Å². The molecule has 0 aliphatic rings. The molecule has 0 bridgehead atoms. The Bertz CT molecular complexity index is 601. The Hall–Kier alpha value is -0.830. The normalized spacial score (nSPS) is 11.7. The zero-order valence-corrected chi connectivity index (χ0v) is 18.7. The molecule has 2 N–H and O–H groups in total. The topological polar surface area (TPSA) is 70.6 Å². The molecule has 1 aromatic rings. The van der Waals surface area contributed by atoms with Crippen LogP contribution in [0.1, 0.15) is 50.7 Å². The van der Waals surface area contributed by atoms with Gasteiger partial charge in [0.2, 0.25) is 0 Å². The first kappa shape index (κ1) is 24.2. The average Bonchev–Trinajstić information content (AvgIpc) is 2.52. The number of sulfone groups is 1. The third kappa shape index (κ3) is 12.2. The molecule has 1 aromatic carbocycles. The molecule has 0 amide bonds. The molecule has 5 nitrogen and oxygen atoms in total. The minimum Gasteiger partial charge on any atom is -0.357 e. The van der Waals surface area contributed by atoms with Crippen LogP contribution in [0.2, 0.25) is 0 Å². The van der Waals surface area contributed by atoms with Gasteiger partial charge in [0.25, 0.3) is 0 Å². The number of hydrogen-bond donors (Lipinski definition) is 2. The Balaban J connectivity index is 0.00000576. The van der Waals surface area contributed by atoms with E-state index in [2.05, 4.69) is 22.5 Å². The lowest BCUT2D eigenvalue weighted by atomic mass is 10.1. The summed E-state index contributed by atoms with van der Waals surface area (Å²) in [6.07, 6.45) is 6.15. The maximum Gasteiger partial charge on any atom is 0.191 e. The molecule has 7 heteroatoms. The van der Waals surface area contributed by atoms with Crippen molar-refractivity contribution >= 4 is 39.8 Å². The van der Waals surface area contributed by atoms with E-state index in [-0.39, 0.29) is 29.7 Å². The number of nitrogens with zero attached hydrogens (tertiary/aromatic N) is 1. The van der Waals surface area contributed by atoms with Crippen LogP contribution in [0.3, 0.4) is 0 Å². The van der Waals surface area contributed by atoms with Crippen LogP contribution in [0, 0.1) is 0 Å². The highest BCUT2D eigenvalue weighted by atomic mass is 127. The van der Waals surface area contributed by atoms with Gasteiger partial charge in [0.05, 0.1) is 12.3 Å². The molecule has 0 aliphatic heterocycles. The molecule has 0 aromatic heterocycles. The molecule has 144 valence electrons. The first-order valence-electron chi connectivity index (χ1n) is 8.72. The molecule has 0 aliphatic carbocycles. The molecular formula is C18H32IN3O2S. The summed E-state index contributed by atoms with van der Waals surface area (Å²) in [6.45, 7) is 6.59. The number of aliphatic imine (C=N–C) groups is 1. The molecule has 0 radical (unpaired) electrons.